The molecule has 2 aromatic carbocycles. The van der Waals surface area contributed by atoms with Crippen LogP contribution in [0.1, 0.15) is 18.9 Å². The molecule has 1 fully saturated rings. The number of halogens is 1. The molecule has 3 rings (SSSR count). The number of likely N-dealkylation sites (tertiary alicyclic amines) is 1. The molecule has 2 amide bonds. The van der Waals surface area contributed by atoms with Gasteiger partial charge in [-0.25, -0.2) is 4.39 Å². The van der Waals surface area contributed by atoms with Crippen LogP contribution in [0, 0.1) is 5.82 Å². The Balaban J connectivity index is 1.44. The molecular weight excluding hydrogens is 373 g/mol. The number of hydrogen-bond donors (Lipinski definition) is 1. The smallest absolute Gasteiger partial charge is 0.238 e. The van der Waals surface area contributed by atoms with Crippen LogP contribution in [0.15, 0.2) is 48.5 Å². The van der Waals surface area contributed by atoms with Gasteiger partial charge in [0.25, 0.3) is 0 Å². The number of rotatable bonds is 7. The summed E-state index contributed by atoms with van der Waals surface area (Å²) >= 11 is 0. The highest BCUT2D eigenvalue weighted by Gasteiger charge is 2.27. The highest BCUT2D eigenvalue weighted by Crippen LogP contribution is 2.18. The number of ether oxygens (including phenoxy) is 1. The zero-order chi connectivity index (χ0) is 20.8. The normalized spacial score (nSPS) is 16.4. The molecule has 1 aliphatic heterocycles. The molecule has 0 aliphatic carbocycles. The lowest BCUT2D eigenvalue weighted by atomic mass is 10.2. The predicted molar refractivity (Wildman–Crippen MR) is 109 cm³/mol. The van der Waals surface area contributed by atoms with E-state index < -0.39 is 0 Å². The number of hydrogen-bond acceptors (Lipinski definition) is 4. The average Bonchev–Trinajstić information content (AvgIpc) is 3.15. The molecule has 0 unspecified atom stereocenters. The van der Waals surface area contributed by atoms with Crippen molar-refractivity contribution in [1.82, 2.24) is 9.80 Å². The van der Waals surface area contributed by atoms with Crippen LogP contribution in [-0.2, 0) is 16.2 Å². The van der Waals surface area contributed by atoms with Gasteiger partial charge in [-0.05, 0) is 48.4 Å². The molecule has 2 aromatic rings. The van der Waals surface area contributed by atoms with Crippen LogP contribution in [0.5, 0.6) is 5.75 Å². The van der Waals surface area contributed by atoms with E-state index in [0.29, 0.717) is 24.5 Å². The molecule has 0 aromatic heterocycles. The van der Waals surface area contributed by atoms with Crippen molar-refractivity contribution < 1.29 is 18.7 Å². The van der Waals surface area contributed by atoms with E-state index in [1.807, 2.05) is 0 Å². The SMILES string of the molecule is CC(=O)N(C)[C@H]1CCN(CC(=O)Nc2ccc(OCc3cccc(F)c3)cc2)C1. The highest BCUT2D eigenvalue weighted by molar-refractivity contribution is 5.92. The molecule has 1 atom stereocenters. The van der Waals surface area contributed by atoms with Gasteiger partial charge in [-0.15, -0.1) is 0 Å². The van der Waals surface area contributed by atoms with Crippen LogP contribution >= 0.6 is 0 Å². The topological polar surface area (TPSA) is 61.9 Å². The van der Waals surface area contributed by atoms with E-state index in [2.05, 4.69) is 10.2 Å². The predicted octanol–water partition coefficient (Wildman–Crippen LogP) is 2.90. The average molecular weight is 399 g/mol. The fraction of sp³-hybridized carbons (Fsp3) is 0.364. The van der Waals surface area contributed by atoms with Gasteiger partial charge >= 0.3 is 0 Å². The Hall–Kier alpha value is -2.93. The van der Waals surface area contributed by atoms with E-state index in [0.717, 1.165) is 18.5 Å². The summed E-state index contributed by atoms with van der Waals surface area (Å²) in [7, 11) is 1.80. The Morgan fingerprint density at radius 1 is 1.24 bits per heavy atom. The van der Waals surface area contributed by atoms with Crippen LogP contribution in [-0.4, -0.2) is 54.3 Å². The quantitative estimate of drug-likeness (QED) is 0.778. The van der Waals surface area contributed by atoms with Crippen LogP contribution in [0.2, 0.25) is 0 Å². The fourth-order valence-corrected chi connectivity index (χ4v) is 3.36. The minimum absolute atomic E-state index is 0.0426. The van der Waals surface area contributed by atoms with Gasteiger partial charge in [0.2, 0.25) is 11.8 Å². The molecule has 0 spiro atoms. The van der Waals surface area contributed by atoms with E-state index in [1.165, 1.54) is 12.1 Å². The van der Waals surface area contributed by atoms with Crippen molar-refractivity contribution >= 4 is 17.5 Å². The standard InChI is InChI=1S/C22H26FN3O3/c1-16(27)25(2)20-10-11-26(13-20)14-22(28)24-19-6-8-21(9-7-19)29-15-17-4-3-5-18(23)12-17/h3-9,12,20H,10-11,13-15H2,1-2H3,(H,24,28)/t20-/m0/s1. The third kappa shape index (κ3) is 6.02. The Kier molecular flexibility index (Phi) is 6.82. The molecule has 6 nitrogen and oxygen atoms in total. The van der Waals surface area contributed by atoms with E-state index in [-0.39, 0.29) is 30.3 Å². The van der Waals surface area contributed by atoms with Crippen molar-refractivity contribution in [3.05, 3.63) is 59.9 Å². The van der Waals surface area contributed by atoms with Gasteiger partial charge in [-0.2, -0.15) is 0 Å². The van der Waals surface area contributed by atoms with Crippen molar-refractivity contribution in [2.75, 3.05) is 32.0 Å². The minimum atomic E-state index is -0.290. The molecule has 1 heterocycles. The van der Waals surface area contributed by atoms with Gasteiger partial charge in [0.1, 0.15) is 18.2 Å². The maximum Gasteiger partial charge on any atom is 0.238 e. The lowest BCUT2D eigenvalue weighted by Crippen LogP contribution is -2.39. The lowest BCUT2D eigenvalue weighted by Gasteiger charge is -2.23. The number of anilines is 1. The first-order chi connectivity index (χ1) is 13.9. The maximum absolute atomic E-state index is 13.2. The second kappa shape index (κ2) is 9.52. The van der Waals surface area contributed by atoms with E-state index in [4.69, 9.17) is 4.74 Å². The Morgan fingerprint density at radius 2 is 2.00 bits per heavy atom. The van der Waals surface area contributed by atoms with Gasteiger partial charge < -0.3 is 15.0 Å². The summed E-state index contributed by atoms with van der Waals surface area (Å²) in [5, 5.41) is 2.88. The first kappa shape index (κ1) is 20.8. The van der Waals surface area contributed by atoms with Crippen molar-refractivity contribution in [2.24, 2.45) is 0 Å². The Labute approximate surface area is 170 Å². The first-order valence-electron chi connectivity index (χ1n) is 9.63. The summed E-state index contributed by atoms with van der Waals surface area (Å²) in [4.78, 5) is 27.6. The number of carbonyl (C=O) groups is 2. The zero-order valence-corrected chi connectivity index (χ0v) is 16.7. The molecule has 0 bridgehead atoms. The number of benzene rings is 2. The molecule has 154 valence electrons. The van der Waals surface area contributed by atoms with Gasteiger partial charge in [0, 0.05) is 38.8 Å². The summed E-state index contributed by atoms with van der Waals surface area (Å²) in [6, 6.07) is 13.5. The fourth-order valence-electron chi connectivity index (χ4n) is 3.36. The summed E-state index contributed by atoms with van der Waals surface area (Å²) < 4.78 is 18.8. The summed E-state index contributed by atoms with van der Waals surface area (Å²) in [5.41, 5.74) is 1.44. The second-order valence-corrected chi connectivity index (χ2v) is 7.30. The molecule has 1 N–H and O–H groups in total. The molecule has 1 aliphatic rings. The van der Waals surface area contributed by atoms with E-state index >= 15 is 0 Å². The number of likely N-dealkylation sites (N-methyl/N-ethyl adjacent to an activating group) is 1. The molecule has 0 radical (unpaired) electrons. The largest absolute Gasteiger partial charge is 0.489 e. The number of nitrogens with zero attached hydrogens (tertiary/aromatic N) is 2. The van der Waals surface area contributed by atoms with Crippen molar-refractivity contribution in [3.63, 3.8) is 0 Å². The van der Waals surface area contributed by atoms with Gasteiger partial charge in [-0.1, -0.05) is 12.1 Å². The molecule has 7 heteroatoms. The molecule has 1 saturated heterocycles. The molecular formula is C22H26FN3O3. The Bertz CT molecular complexity index is 857. The Morgan fingerprint density at radius 3 is 2.69 bits per heavy atom. The monoisotopic (exact) mass is 399 g/mol. The molecule has 29 heavy (non-hydrogen) atoms. The van der Waals surface area contributed by atoms with E-state index in [9.17, 15) is 14.0 Å². The lowest BCUT2D eigenvalue weighted by molar-refractivity contribution is -0.129. The third-order valence-electron chi connectivity index (χ3n) is 5.09. The summed E-state index contributed by atoms with van der Waals surface area (Å²) in [6.45, 7) is 3.62. The van der Waals surface area contributed by atoms with Crippen molar-refractivity contribution in [2.45, 2.75) is 26.0 Å². The number of amides is 2. The number of nitrogens with one attached hydrogen (secondary N) is 1. The van der Waals surface area contributed by atoms with Gasteiger partial charge in [0.05, 0.1) is 6.54 Å². The third-order valence-corrected chi connectivity index (χ3v) is 5.09. The zero-order valence-electron chi connectivity index (χ0n) is 16.7. The van der Waals surface area contributed by atoms with E-state index in [1.54, 1.807) is 55.3 Å². The van der Waals surface area contributed by atoms with Crippen LogP contribution in [0.3, 0.4) is 0 Å². The van der Waals surface area contributed by atoms with Crippen molar-refractivity contribution in [1.29, 1.82) is 0 Å². The van der Waals surface area contributed by atoms with Gasteiger partial charge in [0.15, 0.2) is 0 Å². The molecule has 0 saturated carbocycles. The minimum Gasteiger partial charge on any atom is -0.489 e. The number of carbonyl (C=O) groups excluding carboxylic acids is 2. The van der Waals surface area contributed by atoms with Crippen LogP contribution in [0.4, 0.5) is 10.1 Å². The van der Waals surface area contributed by atoms with Crippen LogP contribution in [0.25, 0.3) is 0 Å². The van der Waals surface area contributed by atoms with Gasteiger partial charge in [-0.3, -0.25) is 14.5 Å². The van der Waals surface area contributed by atoms with Crippen LogP contribution < -0.4 is 10.1 Å². The maximum atomic E-state index is 13.2. The summed E-state index contributed by atoms with van der Waals surface area (Å²) in [6.07, 6.45) is 0.876. The summed E-state index contributed by atoms with van der Waals surface area (Å²) in [5.74, 6) is 0.300. The second-order valence-electron chi connectivity index (χ2n) is 7.30. The first-order valence-corrected chi connectivity index (χ1v) is 9.63. The van der Waals surface area contributed by atoms with Crippen molar-refractivity contribution in [3.8, 4) is 5.75 Å². The highest BCUT2D eigenvalue weighted by atomic mass is 19.1.